The van der Waals surface area contributed by atoms with E-state index in [0.29, 0.717) is 10.9 Å². The maximum Gasteiger partial charge on any atom is 0.324 e. The van der Waals surface area contributed by atoms with Crippen LogP contribution in [-0.2, 0) is 16.1 Å². The monoisotopic (exact) mass is 374 g/mol. The van der Waals surface area contributed by atoms with Gasteiger partial charge in [0.05, 0.1) is 16.9 Å². The van der Waals surface area contributed by atoms with Gasteiger partial charge in [-0.25, -0.2) is 0 Å². The van der Waals surface area contributed by atoms with Gasteiger partial charge in [0.25, 0.3) is 5.91 Å². The number of amides is 1. The van der Waals surface area contributed by atoms with E-state index < -0.39 is 10.9 Å². The number of hydrogen-bond acceptors (Lipinski definition) is 7. The van der Waals surface area contributed by atoms with E-state index in [-0.39, 0.29) is 36.2 Å². The number of thiophene rings is 1. The molecule has 0 aliphatic heterocycles. The molecule has 0 atom stereocenters. The van der Waals surface area contributed by atoms with Gasteiger partial charge in [-0.05, 0) is 6.07 Å². The van der Waals surface area contributed by atoms with Gasteiger partial charge in [0.15, 0.2) is 5.69 Å². The van der Waals surface area contributed by atoms with E-state index in [2.05, 4.69) is 15.5 Å². The van der Waals surface area contributed by atoms with Gasteiger partial charge in [-0.2, -0.15) is 5.10 Å². The third kappa shape index (κ3) is 4.03. The molecular weight excluding hydrogens is 360 g/mol. The molecule has 0 fully saturated rings. The van der Waals surface area contributed by atoms with Crippen molar-refractivity contribution < 1.29 is 19.2 Å². The molecule has 9 nitrogen and oxygen atoms in total. The Bertz CT molecular complexity index is 964. The first-order valence-electron chi connectivity index (χ1n) is 7.63. The van der Waals surface area contributed by atoms with Crippen molar-refractivity contribution in [3.8, 4) is 0 Å². The third-order valence-electron chi connectivity index (χ3n) is 3.52. The SMILES string of the molecule is O=C(CCNC(=O)c1n[nH]c2ccccc12)OCc1csc([N+](=O)[O-])c1. The molecule has 0 bridgehead atoms. The molecule has 0 radical (unpaired) electrons. The lowest BCUT2D eigenvalue weighted by Gasteiger charge is -2.04. The normalized spacial score (nSPS) is 10.6. The van der Waals surface area contributed by atoms with Crippen LogP contribution in [0.1, 0.15) is 22.5 Å². The van der Waals surface area contributed by atoms with Gasteiger partial charge in [0, 0.05) is 28.9 Å². The topological polar surface area (TPSA) is 127 Å². The van der Waals surface area contributed by atoms with Gasteiger partial charge in [-0.3, -0.25) is 24.8 Å². The van der Waals surface area contributed by atoms with Crippen LogP contribution in [-0.4, -0.2) is 33.5 Å². The zero-order valence-corrected chi connectivity index (χ0v) is 14.2. The fourth-order valence-corrected chi connectivity index (χ4v) is 2.98. The number of ether oxygens (including phenoxy) is 1. The van der Waals surface area contributed by atoms with Gasteiger partial charge >= 0.3 is 11.0 Å². The molecule has 0 saturated heterocycles. The number of esters is 1. The maximum atomic E-state index is 12.1. The summed E-state index contributed by atoms with van der Waals surface area (Å²) in [6.45, 7) is 0.0593. The summed E-state index contributed by atoms with van der Waals surface area (Å²) in [6.07, 6.45) is -0.0136. The Kier molecular flexibility index (Phi) is 5.23. The molecular formula is C16H14N4O5S. The summed E-state index contributed by atoms with van der Waals surface area (Å²) in [5.74, 6) is -0.894. The predicted molar refractivity (Wildman–Crippen MR) is 93.8 cm³/mol. The second kappa shape index (κ2) is 7.74. The largest absolute Gasteiger partial charge is 0.461 e. The highest BCUT2D eigenvalue weighted by molar-refractivity contribution is 7.13. The minimum absolute atomic E-state index is 0.00505. The number of aromatic amines is 1. The summed E-state index contributed by atoms with van der Waals surface area (Å²) in [6, 6.07) is 8.59. The average molecular weight is 374 g/mol. The maximum absolute atomic E-state index is 12.1. The Morgan fingerprint density at radius 2 is 2.15 bits per heavy atom. The van der Waals surface area contributed by atoms with E-state index in [4.69, 9.17) is 4.74 Å². The molecule has 10 heteroatoms. The summed E-state index contributed by atoms with van der Waals surface area (Å²) in [5.41, 5.74) is 1.57. The number of rotatable bonds is 7. The fraction of sp³-hybridized carbons (Fsp3) is 0.188. The number of carbonyl (C=O) groups excluding carboxylic acids is 2. The number of aromatic nitrogens is 2. The van der Waals surface area contributed by atoms with Crippen LogP contribution in [0.2, 0.25) is 0 Å². The van der Waals surface area contributed by atoms with E-state index in [0.717, 1.165) is 16.9 Å². The first kappa shape index (κ1) is 17.5. The van der Waals surface area contributed by atoms with Crippen LogP contribution in [0, 0.1) is 10.1 Å². The standard InChI is InChI=1S/C16H14N4O5S/c21-14(25-8-10-7-13(20(23)24)26-9-10)5-6-17-16(22)15-11-3-1-2-4-12(11)18-19-15/h1-4,7,9H,5-6,8H2,(H,17,22)(H,18,19). The number of para-hydroxylation sites is 1. The van der Waals surface area contributed by atoms with Crippen LogP contribution < -0.4 is 5.32 Å². The van der Waals surface area contributed by atoms with Crippen molar-refractivity contribution in [3.05, 3.63) is 57.1 Å². The first-order chi connectivity index (χ1) is 12.5. The molecule has 26 heavy (non-hydrogen) atoms. The van der Waals surface area contributed by atoms with Crippen molar-refractivity contribution in [1.82, 2.24) is 15.5 Å². The smallest absolute Gasteiger partial charge is 0.324 e. The fourth-order valence-electron chi connectivity index (χ4n) is 2.27. The quantitative estimate of drug-likeness (QED) is 0.371. The lowest BCUT2D eigenvalue weighted by atomic mass is 10.2. The molecule has 2 aromatic heterocycles. The highest BCUT2D eigenvalue weighted by Crippen LogP contribution is 2.23. The number of hydrogen-bond donors (Lipinski definition) is 2. The van der Waals surface area contributed by atoms with Crippen LogP contribution in [0.25, 0.3) is 10.9 Å². The number of nitro groups is 1. The van der Waals surface area contributed by atoms with Crippen molar-refractivity contribution in [3.63, 3.8) is 0 Å². The lowest BCUT2D eigenvalue weighted by Crippen LogP contribution is -2.27. The second-order valence-corrected chi connectivity index (χ2v) is 6.22. The molecule has 2 N–H and O–H groups in total. The predicted octanol–water partition coefficient (Wildman–Crippen LogP) is 2.40. The number of H-pyrrole nitrogens is 1. The molecule has 0 spiro atoms. The van der Waals surface area contributed by atoms with Crippen LogP contribution in [0.5, 0.6) is 0 Å². The Morgan fingerprint density at radius 1 is 1.35 bits per heavy atom. The summed E-state index contributed by atoms with van der Waals surface area (Å²) >= 11 is 0.973. The average Bonchev–Trinajstić information content (AvgIpc) is 3.27. The van der Waals surface area contributed by atoms with Crippen LogP contribution in [0.4, 0.5) is 5.00 Å². The molecule has 0 saturated carbocycles. The number of nitrogens with one attached hydrogen (secondary N) is 2. The Hall–Kier alpha value is -3.27. The molecule has 2 heterocycles. The van der Waals surface area contributed by atoms with E-state index in [1.54, 1.807) is 17.5 Å². The van der Waals surface area contributed by atoms with Crippen molar-refractivity contribution >= 4 is 39.1 Å². The van der Waals surface area contributed by atoms with E-state index in [9.17, 15) is 19.7 Å². The summed E-state index contributed by atoms with van der Waals surface area (Å²) < 4.78 is 5.04. The molecule has 3 aromatic rings. The van der Waals surface area contributed by atoms with Gasteiger partial charge in [0.1, 0.15) is 6.61 Å². The van der Waals surface area contributed by atoms with Gasteiger partial charge in [-0.15, -0.1) is 0 Å². The Labute approximate surface area is 151 Å². The third-order valence-corrected chi connectivity index (χ3v) is 4.45. The number of benzene rings is 1. The summed E-state index contributed by atoms with van der Waals surface area (Å²) in [5, 5.41) is 22.2. The molecule has 0 aliphatic rings. The van der Waals surface area contributed by atoms with Crippen molar-refractivity contribution in [1.29, 1.82) is 0 Å². The molecule has 134 valence electrons. The molecule has 3 rings (SSSR count). The summed E-state index contributed by atoms with van der Waals surface area (Å²) in [7, 11) is 0. The second-order valence-electron chi connectivity index (χ2n) is 5.33. The molecule has 0 aliphatic carbocycles. The van der Waals surface area contributed by atoms with E-state index in [1.165, 1.54) is 6.07 Å². The van der Waals surface area contributed by atoms with Crippen LogP contribution in [0.3, 0.4) is 0 Å². The van der Waals surface area contributed by atoms with Crippen LogP contribution >= 0.6 is 11.3 Å². The summed E-state index contributed by atoms with van der Waals surface area (Å²) in [4.78, 5) is 34.0. The number of fused-ring (bicyclic) bond motifs is 1. The molecule has 1 aromatic carbocycles. The minimum Gasteiger partial charge on any atom is -0.461 e. The Morgan fingerprint density at radius 3 is 2.92 bits per heavy atom. The molecule has 0 unspecified atom stereocenters. The van der Waals surface area contributed by atoms with Gasteiger partial charge in [0.2, 0.25) is 0 Å². The highest BCUT2D eigenvalue weighted by atomic mass is 32.1. The van der Waals surface area contributed by atoms with Crippen molar-refractivity contribution in [2.24, 2.45) is 0 Å². The number of carbonyl (C=O) groups is 2. The van der Waals surface area contributed by atoms with Gasteiger partial charge in [-0.1, -0.05) is 29.5 Å². The van der Waals surface area contributed by atoms with Gasteiger partial charge < -0.3 is 10.1 Å². The zero-order valence-electron chi connectivity index (χ0n) is 13.4. The minimum atomic E-state index is -0.508. The van der Waals surface area contributed by atoms with Crippen molar-refractivity contribution in [2.75, 3.05) is 6.54 Å². The lowest BCUT2D eigenvalue weighted by molar-refractivity contribution is -0.380. The van der Waals surface area contributed by atoms with Crippen LogP contribution in [0.15, 0.2) is 35.7 Å². The number of nitrogens with zero attached hydrogens (tertiary/aromatic N) is 2. The van der Waals surface area contributed by atoms with Crippen molar-refractivity contribution in [2.45, 2.75) is 13.0 Å². The Balaban J connectivity index is 1.44. The zero-order chi connectivity index (χ0) is 18.5. The molecule has 1 amide bonds. The first-order valence-corrected chi connectivity index (χ1v) is 8.51. The van der Waals surface area contributed by atoms with E-state index >= 15 is 0 Å². The highest BCUT2D eigenvalue weighted by Gasteiger charge is 2.14. The van der Waals surface area contributed by atoms with E-state index in [1.807, 2.05) is 12.1 Å².